The molecule has 0 aliphatic heterocycles. The van der Waals surface area contributed by atoms with Crippen LogP contribution in [0.2, 0.25) is 5.04 Å². The summed E-state index contributed by atoms with van der Waals surface area (Å²) in [6.07, 6.45) is 8.40. The average Bonchev–Trinajstić information content (AvgIpc) is 2.89. The van der Waals surface area contributed by atoms with Crippen molar-refractivity contribution in [1.29, 1.82) is 0 Å². The second-order valence-corrected chi connectivity index (χ2v) is 18.1. The van der Waals surface area contributed by atoms with Crippen LogP contribution in [0.15, 0.2) is 85.1 Å². The number of carbonyl (C=O) groups is 2. The van der Waals surface area contributed by atoms with E-state index in [0.717, 1.165) is 6.42 Å². The lowest BCUT2D eigenvalue weighted by Crippen LogP contribution is -2.67. The maximum atomic E-state index is 13.2. The zero-order chi connectivity index (χ0) is 31.6. The molecule has 230 valence electrons. The van der Waals surface area contributed by atoms with Crippen molar-refractivity contribution in [1.82, 2.24) is 10.6 Å². The summed E-state index contributed by atoms with van der Waals surface area (Å²) >= 11 is 0. The Morgan fingerprint density at radius 3 is 1.74 bits per heavy atom. The quantitative estimate of drug-likeness (QED) is 0.221. The van der Waals surface area contributed by atoms with E-state index in [1.807, 2.05) is 52.0 Å². The molecule has 0 aliphatic carbocycles. The third-order valence-electron chi connectivity index (χ3n) is 6.93. The molecule has 2 N–H and O–H groups in total. The average molecular weight is 593 g/mol. The number of amides is 2. The van der Waals surface area contributed by atoms with Crippen LogP contribution in [0.4, 0.5) is 4.79 Å². The van der Waals surface area contributed by atoms with Crippen LogP contribution >= 0.6 is 0 Å². The summed E-state index contributed by atoms with van der Waals surface area (Å²) in [6, 6.07) is 20.4. The first kappa shape index (κ1) is 35.0. The van der Waals surface area contributed by atoms with Gasteiger partial charge in [0.1, 0.15) is 11.6 Å². The van der Waals surface area contributed by atoms with Gasteiger partial charge in [0, 0.05) is 0 Å². The van der Waals surface area contributed by atoms with Gasteiger partial charge in [-0.3, -0.25) is 4.79 Å². The third kappa shape index (κ3) is 9.98. The van der Waals surface area contributed by atoms with Gasteiger partial charge < -0.3 is 19.8 Å². The molecule has 0 saturated carbocycles. The van der Waals surface area contributed by atoms with Crippen molar-refractivity contribution < 1.29 is 18.8 Å². The number of benzene rings is 2. The number of ether oxygens (including phenoxy) is 1. The zero-order valence-electron chi connectivity index (χ0n) is 27.3. The molecule has 0 aromatic heterocycles. The Balaban J connectivity index is 2.32. The lowest BCUT2D eigenvalue weighted by Gasteiger charge is -2.45. The van der Waals surface area contributed by atoms with Gasteiger partial charge >= 0.3 is 6.09 Å². The van der Waals surface area contributed by atoms with Crippen molar-refractivity contribution in [2.75, 3.05) is 0 Å². The monoisotopic (exact) mass is 592 g/mol. The highest BCUT2D eigenvalue weighted by Gasteiger charge is 2.51. The van der Waals surface area contributed by atoms with E-state index in [4.69, 9.17) is 9.16 Å². The largest absolute Gasteiger partial charge is 0.444 e. The minimum absolute atomic E-state index is 0.112. The van der Waals surface area contributed by atoms with Gasteiger partial charge in [-0.2, -0.15) is 0 Å². The van der Waals surface area contributed by atoms with Crippen LogP contribution in [0.5, 0.6) is 0 Å². The third-order valence-corrected chi connectivity index (χ3v) is 12.0. The molecular formula is C35H52N2O4Si. The van der Waals surface area contributed by atoms with E-state index in [9.17, 15) is 9.59 Å². The van der Waals surface area contributed by atoms with E-state index < -0.39 is 31.5 Å². The van der Waals surface area contributed by atoms with Crippen LogP contribution < -0.4 is 21.0 Å². The van der Waals surface area contributed by atoms with Crippen molar-refractivity contribution in [3.63, 3.8) is 0 Å². The molecule has 2 amide bonds. The summed E-state index contributed by atoms with van der Waals surface area (Å²) in [5.41, 5.74) is -1.17. The van der Waals surface area contributed by atoms with Gasteiger partial charge in [-0.05, 0) is 67.6 Å². The van der Waals surface area contributed by atoms with E-state index in [0.29, 0.717) is 6.42 Å². The first-order chi connectivity index (χ1) is 19.5. The minimum atomic E-state index is -2.74. The van der Waals surface area contributed by atoms with Crippen molar-refractivity contribution in [2.24, 2.45) is 5.41 Å². The van der Waals surface area contributed by atoms with Gasteiger partial charge in [-0.1, -0.05) is 120 Å². The SMILES string of the molecule is CC=CC[C@@H](CC=CNC(=O)[C@@H](NC(=O)OC(C)(C)C)C(C)(C)C)O[Si](c1ccccc1)(c1ccccc1)C(C)(C)C. The molecule has 0 fully saturated rings. The smallest absolute Gasteiger partial charge is 0.408 e. The van der Waals surface area contributed by atoms with Crippen LogP contribution in [0, 0.1) is 5.41 Å². The molecule has 6 nitrogen and oxygen atoms in total. The fourth-order valence-corrected chi connectivity index (χ4v) is 9.67. The van der Waals surface area contributed by atoms with Crippen LogP contribution in [0.3, 0.4) is 0 Å². The molecule has 0 saturated heterocycles. The van der Waals surface area contributed by atoms with Crippen molar-refractivity contribution in [3.8, 4) is 0 Å². The summed E-state index contributed by atoms with van der Waals surface area (Å²) in [5, 5.41) is 7.93. The van der Waals surface area contributed by atoms with Crippen molar-refractivity contribution in [2.45, 2.75) is 105 Å². The molecule has 2 aromatic rings. The van der Waals surface area contributed by atoms with E-state index in [-0.39, 0.29) is 17.0 Å². The van der Waals surface area contributed by atoms with Gasteiger partial charge in [0.15, 0.2) is 0 Å². The van der Waals surface area contributed by atoms with Crippen molar-refractivity contribution >= 4 is 30.7 Å². The molecule has 0 aliphatic rings. The Labute approximate surface area is 255 Å². The van der Waals surface area contributed by atoms with E-state index in [1.165, 1.54) is 10.4 Å². The van der Waals surface area contributed by atoms with Gasteiger partial charge in [0.2, 0.25) is 5.91 Å². The fraction of sp³-hybridized carbons (Fsp3) is 0.486. The summed E-state index contributed by atoms with van der Waals surface area (Å²) < 4.78 is 12.7. The first-order valence-electron chi connectivity index (χ1n) is 14.9. The molecule has 42 heavy (non-hydrogen) atoms. The number of allylic oxidation sites excluding steroid dienone is 1. The Morgan fingerprint density at radius 1 is 0.810 bits per heavy atom. The topological polar surface area (TPSA) is 76.7 Å². The van der Waals surface area contributed by atoms with Gasteiger partial charge in [-0.25, -0.2) is 4.79 Å². The number of alkyl carbamates (subject to hydrolysis) is 1. The highest BCUT2D eigenvalue weighted by Crippen LogP contribution is 2.38. The number of hydrogen-bond acceptors (Lipinski definition) is 4. The molecule has 0 radical (unpaired) electrons. The second-order valence-electron chi connectivity index (χ2n) is 13.8. The van der Waals surface area contributed by atoms with E-state index in [1.54, 1.807) is 27.0 Å². The van der Waals surface area contributed by atoms with Crippen LogP contribution in [-0.2, 0) is 14.0 Å². The maximum Gasteiger partial charge on any atom is 0.408 e. The molecule has 2 atom stereocenters. The summed E-state index contributed by atoms with van der Waals surface area (Å²) in [4.78, 5) is 25.6. The molecule has 2 rings (SSSR count). The lowest BCUT2D eigenvalue weighted by molar-refractivity contribution is -0.124. The lowest BCUT2D eigenvalue weighted by atomic mass is 9.86. The Hall–Kier alpha value is -3.16. The van der Waals surface area contributed by atoms with Crippen LogP contribution in [0.25, 0.3) is 0 Å². The number of carbonyl (C=O) groups excluding carboxylic acids is 2. The van der Waals surface area contributed by atoms with Gasteiger partial charge in [0.05, 0.1) is 6.10 Å². The molecule has 0 bridgehead atoms. The molecule has 0 unspecified atom stereocenters. The summed E-state index contributed by atoms with van der Waals surface area (Å²) in [7, 11) is -2.74. The normalized spacial score (nSPS) is 14.5. The number of rotatable bonds is 11. The predicted molar refractivity (Wildman–Crippen MR) is 176 cm³/mol. The first-order valence-corrected chi connectivity index (χ1v) is 16.8. The Bertz CT molecular complexity index is 1150. The molecule has 7 heteroatoms. The second kappa shape index (κ2) is 14.8. The Kier molecular flexibility index (Phi) is 12.4. The molecule has 0 heterocycles. The van der Waals surface area contributed by atoms with E-state index >= 15 is 0 Å². The minimum Gasteiger partial charge on any atom is -0.444 e. The Morgan fingerprint density at radius 2 is 1.31 bits per heavy atom. The molecule has 0 spiro atoms. The molecule has 2 aromatic carbocycles. The molecular weight excluding hydrogens is 540 g/mol. The van der Waals surface area contributed by atoms with Crippen LogP contribution in [-0.4, -0.2) is 38.1 Å². The van der Waals surface area contributed by atoms with Crippen LogP contribution in [0.1, 0.15) is 82.1 Å². The highest BCUT2D eigenvalue weighted by atomic mass is 28.4. The van der Waals surface area contributed by atoms with E-state index in [2.05, 4.69) is 86.0 Å². The maximum absolute atomic E-state index is 13.2. The highest BCUT2D eigenvalue weighted by molar-refractivity contribution is 6.99. The fourth-order valence-electron chi connectivity index (χ4n) is 4.97. The van der Waals surface area contributed by atoms with Gasteiger partial charge in [0.25, 0.3) is 8.32 Å². The summed E-state index contributed by atoms with van der Waals surface area (Å²) in [5.74, 6) is -0.303. The number of nitrogens with one attached hydrogen (secondary N) is 2. The standard InChI is InChI=1S/C35H52N2O4Si/c1-11-12-20-27(21-19-26-36-31(38)30(33(2,3)4)37-32(39)40-34(5,6)7)41-42(35(8,9)10,28-22-15-13-16-23-28)29-24-17-14-18-25-29/h11-19,22-27,30H,20-21H2,1-10H3,(H,36,38)(H,37,39)/t27-,30+/m0/s1. The van der Waals surface area contributed by atoms with Gasteiger partial charge in [-0.15, -0.1) is 0 Å². The predicted octanol–water partition coefficient (Wildman–Crippen LogP) is 6.86. The number of hydrogen-bond donors (Lipinski definition) is 2. The summed E-state index contributed by atoms with van der Waals surface area (Å²) in [6.45, 7) is 19.9. The van der Waals surface area contributed by atoms with Crippen molar-refractivity contribution in [3.05, 3.63) is 85.1 Å². The zero-order valence-corrected chi connectivity index (χ0v) is 28.3.